The highest BCUT2D eigenvalue weighted by molar-refractivity contribution is 9.10. The van der Waals surface area contributed by atoms with Crippen LogP contribution in [0.2, 0.25) is 5.02 Å². The second-order valence-electron chi connectivity index (χ2n) is 4.38. The van der Waals surface area contributed by atoms with Gasteiger partial charge in [-0.25, -0.2) is 0 Å². The molecule has 0 spiro atoms. The maximum atomic E-state index is 6.16. The Morgan fingerprint density at radius 1 is 1.00 bits per heavy atom. The van der Waals surface area contributed by atoms with Crippen LogP contribution < -0.4 is 10.5 Å². The number of pyridine rings is 1. The van der Waals surface area contributed by atoms with Gasteiger partial charge in [-0.2, -0.15) is 0 Å². The summed E-state index contributed by atoms with van der Waals surface area (Å²) in [6.45, 7) is 0. The molecule has 0 aliphatic rings. The molecular formula is C15H9Br2ClN2O. The summed E-state index contributed by atoms with van der Waals surface area (Å²) in [5.41, 5.74) is 7.33. The molecule has 0 aliphatic carbocycles. The first-order valence-electron chi connectivity index (χ1n) is 6.01. The third-order valence-electron chi connectivity index (χ3n) is 2.93. The van der Waals surface area contributed by atoms with Crippen molar-refractivity contribution in [2.24, 2.45) is 0 Å². The Labute approximate surface area is 143 Å². The van der Waals surface area contributed by atoms with Gasteiger partial charge in [-0.1, -0.05) is 27.5 Å². The fourth-order valence-corrected chi connectivity index (χ4v) is 2.77. The molecule has 106 valence electrons. The molecule has 3 nitrogen and oxygen atoms in total. The van der Waals surface area contributed by atoms with Gasteiger partial charge in [0.15, 0.2) is 5.75 Å². The Bertz CT molecular complexity index is 839. The third-order valence-corrected chi connectivity index (χ3v) is 4.17. The van der Waals surface area contributed by atoms with Crippen LogP contribution in [0.3, 0.4) is 0 Å². The van der Waals surface area contributed by atoms with Gasteiger partial charge in [-0.15, -0.1) is 0 Å². The molecule has 1 aromatic heterocycles. The fourth-order valence-electron chi connectivity index (χ4n) is 1.95. The van der Waals surface area contributed by atoms with Crippen molar-refractivity contribution < 1.29 is 4.74 Å². The van der Waals surface area contributed by atoms with E-state index >= 15 is 0 Å². The molecule has 21 heavy (non-hydrogen) atoms. The lowest BCUT2D eigenvalue weighted by Gasteiger charge is -2.11. The van der Waals surface area contributed by atoms with Crippen LogP contribution in [0.15, 0.2) is 51.5 Å². The maximum absolute atomic E-state index is 6.16. The first-order chi connectivity index (χ1) is 10.0. The number of rotatable bonds is 2. The van der Waals surface area contributed by atoms with Crippen molar-refractivity contribution in [3.05, 3.63) is 56.6 Å². The van der Waals surface area contributed by atoms with Gasteiger partial charge in [0.2, 0.25) is 0 Å². The summed E-state index contributed by atoms with van der Waals surface area (Å²) in [7, 11) is 0. The van der Waals surface area contributed by atoms with E-state index in [1.165, 1.54) is 0 Å². The monoisotopic (exact) mass is 426 g/mol. The van der Waals surface area contributed by atoms with Crippen LogP contribution in [0.1, 0.15) is 0 Å². The van der Waals surface area contributed by atoms with E-state index in [2.05, 4.69) is 36.8 Å². The Morgan fingerprint density at radius 3 is 2.62 bits per heavy atom. The molecule has 6 heteroatoms. The molecule has 0 amide bonds. The number of ether oxygens (including phenoxy) is 1. The van der Waals surface area contributed by atoms with E-state index in [9.17, 15) is 0 Å². The largest absolute Gasteiger partial charge is 0.453 e. The standard InChI is InChI=1S/C15H9Br2ClN2O/c16-8-1-2-11(18)14(6-8)21-13-4-3-12(19)10-5-9(17)7-20-15(10)13/h1-7H,19H2. The van der Waals surface area contributed by atoms with Crippen molar-refractivity contribution in [1.29, 1.82) is 0 Å². The highest BCUT2D eigenvalue weighted by Gasteiger charge is 2.10. The minimum atomic E-state index is 0.528. The zero-order valence-electron chi connectivity index (χ0n) is 10.6. The second kappa shape index (κ2) is 5.83. The average Bonchev–Trinajstić information content (AvgIpc) is 2.46. The highest BCUT2D eigenvalue weighted by Crippen LogP contribution is 2.36. The van der Waals surface area contributed by atoms with Gasteiger partial charge in [0.1, 0.15) is 11.3 Å². The minimum absolute atomic E-state index is 0.528. The van der Waals surface area contributed by atoms with Crippen molar-refractivity contribution in [1.82, 2.24) is 4.98 Å². The highest BCUT2D eigenvalue weighted by atomic mass is 79.9. The Morgan fingerprint density at radius 2 is 1.81 bits per heavy atom. The number of nitrogens with two attached hydrogens (primary N) is 1. The molecule has 0 atom stereocenters. The van der Waals surface area contributed by atoms with Crippen LogP contribution in [-0.4, -0.2) is 4.98 Å². The van der Waals surface area contributed by atoms with E-state index in [-0.39, 0.29) is 0 Å². The number of hydrogen-bond acceptors (Lipinski definition) is 3. The smallest absolute Gasteiger partial charge is 0.153 e. The lowest BCUT2D eigenvalue weighted by Crippen LogP contribution is -1.93. The Balaban J connectivity index is 2.13. The molecule has 0 saturated carbocycles. The summed E-state index contributed by atoms with van der Waals surface area (Å²) < 4.78 is 7.65. The van der Waals surface area contributed by atoms with Crippen LogP contribution in [0.4, 0.5) is 5.69 Å². The van der Waals surface area contributed by atoms with Crippen molar-refractivity contribution in [3.63, 3.8) is 0 Å². The molecule has 0 unspecified atom stereocenters. The zero-order chi connectivity index (χ0) is 15.0. The van der Waals surface area contributed by atoms with Crippen LogP contribution in [0.25, 0.3) is 10.9 Å². The van der Waals surface area contributed by atoms with Gasteiger partial charge in [0, 0.05) is 26.2 Å². The van der Waals surface area contributed by atoms with Gasteiger partial charge in [0.25, 0.3) is 0 Å². The average molecular weight is 429 g/mol. The number of benzene rings is 2. The fraction of sp³-hybridized carbons (Fsp3) is 0. The number of nitrogens with zero attached hydrogens (tertiary/aromatic N) is 1. The number of fused-ring (bicyclic) bond motifs is 1. The van der Waals surface area contributed by atoms with Crippen molar-refractivity contribution >= 4 is 60.1 Å². The van der Waals surface area contributed by atoms with Crippen LogP contribution in [0, 0.1) is 0 Å². The SMILES string of the molecule is Nc1ccc(Oc2cc(Br)ccc2Cl)c2ncc(Br)cc12. The lowest BCUT2D eigenvalue weighted by molar-refractivity contribution is 0.487. The van der Waals surface area contributed by atoms with Crippen molar-refractivity contribution in [2.45, 2.75) is 0 Å². The lowest BCUT2D eigenvalue weighted by atomic mass is 10.1. The molecule has 0 aliphatic heterocycles. The topological polar surface area (TPSA) is 48.1 Å². The number of aromatic nitrogens is 1. The maximum Gasteiger partial charge on any atom is 0.153 e. The summed E-state index contributed by atoms with van der Waals surface area (Å²) >= 11 is 12.9. The molecule has 0 fully saturated rings. The van der Waals surface area contributed by atoms with Gasteiger partial charge in [-0.05, 0) is 52.3 Å². The van der Waals surface area contributed by atoms with E-state index in [0.29, 0.717) is 27.7 Å². The number of halogens is 3. The molecular weight excluding hydrogens is 419 g/mol. The van der Waals surface area contributed by atoms with Crippen LogP contribution in [0.5, 0.6) is 11.5 Å². The molecule has 2 N–H and O–H groups in total. The zero-order valence-corrected chi connectivity index (χ0v) is 14.5. The number of anilines is 1. The van der Waals surface area contributed by atoms with Gasteiger partial charge < -0.3 is 10.5 Å². The summed E-state index contributed by atoms with van der Waals surface area (Å²) in [6.07, 6.45) is 1.71. The molecule has 0 saturated heterocycles. The molecule has 1 heterocycles. The quantitative estimate of drug-likeness (QED) is 0.526. The van der Waals surface area contributed by atoms with E-state index in [1.54, 1.807) is 24.4 Å². The normalized spacial score (nSPS) is 10.8. The molecule has 3 rings (SSSR count). The molecule has 3 aromatic rings. The summed E-state index contributed by atoms with van der Waals surface area (Å²) in [5, 5.41) is 1.35. The van der Waals surface area contributed by atoms with Crippen LogP contribution in [-0.2, 0) is 0 Å². The van der Waals surface area contributed by atoms with E-state index in [1.807, 2.05) is 18.2 Å². The molecule has 0 radical (unpaired) electrons. The van der Waals surface area contributed by atoms with Gasteiger partial charge >= 0.3 is 0 Å². The van der Waals surface area contributed by atoms with Crippen molar-refractivity contribution in [3.8, 4) is 11.5 Å². The Hall–Kier alpha value is -1.30. The van der Waals surface area contributed by atoms with Crippen LogP contribution >= 0.6 is 43.5 Å². The van der Waals surface area contributed by atoms with Gasteiger partial charge in [0.05, 0.1) is 5.02 Å². The first-order valence-corrected chi connectivity index (χ1v) is 7.97. The number of hydrogen-bond donors (Lipinski definition) is 1. The Kier molecular flexibility index (Phi) is 4.06. The van der Waals surface area contributed by atoms with E-state index in [4.69, 9.17) is 22.1 Å². The predicted molar refractivity (Wildman–Crippen MR) is 93.1 cm³/mol. The minimum Gasteiger partial charge on any atom is -0.453 e. The van der Waals surface area contributed by atoms with Crippen molar-refractivity contribution in [2.75, 3.05) is 5.73 Å². The second-order valence-corrected chi connectivity index (χ2v) is 6.62. The summed E-state index contributed by atoms with van der Waals surface area (Å²) in [6, 6.07) is 10.9. The van der Waals surface area contributed by atoms with Gasteiger partial charge in [-0.3, -0.25) is 4.98 Å². The van der Waals surface area contributed by atoms with E-state index < -0.39 is 0 Å². The predicted octanol–water partition coefficient (Wildman–Crippen LogP) is 5.79. The summed E-state index contributed by atoms with van der Waals surface area (Å²) in [5.74, 6) is 1.16. The third kappa shape index (κ3) is 3.00. The first kappa shape index (κ1) is 14.6. The number of nitrogen functional groups attached to an aromatic ring is 1. The van der Waals surface area contributed by atoms with E-state index in [0.717, 1.165) is 14.3 Å². The molecule has 0 bridgehead atoms. The summed E-state index contributed by atoms with van der Waals surface area (Å²) in [4.78, 5) is 4.38. The molecule has 2 aromatic carbocycles.